The van der Waals surface area contributed by atoms with E-state index in [1.54, 1.807) is 7.11 Å². The van der Waals surface area contributed by atoms with Crippen LogP contribution in [0.3, 0.4) is 0 Å². The molecule has 0 heterocycles. The first-order chi connectivity index (χ1) is 20.1. The molecule has 0 aromatic heterocycles. The van der Waals surface area contributed by atoms with Gasteiger partial charge in [-0.15, -0.1) is 0 Å². The number of carbonyl (C=O) groups excluding carboxylic acids is 1. The van der Waals surface area contributed by atoms with Crippen LogP contribution in [0.4, 0.5) is 0 Å². The van der Waals surface area contributed by atoms with Gasteiger partial charge >= 0.3 is 0 Å². The molecule has 0 atom stereocenters. The third kappa shape index (κ3) is 11.0. The number of nitrogens with zero attached hydrogens (tertiary/aromatic N) is 2. The van der Waals surface area contributed by atoms with Crippen LogP contribution in [0.5, 0.6) is 5.75 Å². The van der Waals surface area contributed by atoms with Crippen LogP contribution < -0.4 is 4.74 Å². The zero-order valence-electron chi connectivity index (χ0n) is 26.0. The number of aryl methyl sites for hydroxylation is 1. The Bertz CT molecular complexity index is 1130. The van der Waals surface area contributed by atoms with Crippen molar-refractivity contribution >= 4 is 5.91 Å². The summed E-state index contributed by atoms with van der Waals surface area (Å²) in [6, 6.07) is 25.1. The smallest absolute Gasteiger partial charge is 0.254 e. The van der Waals surface area contributed by atoms with Crippen LogP contribution in [0.15, 0.2) is 72.8 Å². The summed E-state index contributed by atoms with van der Waals surface area (Å²) in [5.41, 5.74) is 5.52. The van der Waals surface area contributed by atoms with Gasteiger partial charge < -0.3 is 14.5 Å². The van der Waals surface area contributed by atoms with E-state index in [1.807, 2.05) is 29.2 Å². The Morgan fingerprint density at radius 1 is 0.659 bits per heavy atom. The molecule has 4 heteroatoms. The molecule has 1 amide bonds. The summed E-state index contributed by atoms with van der Waals surface area (Å²) in [6.07, 6.45) is 10.6. The van der Waals surface area contributed by atoms with Gasteiger partial charge in [0.05, 0.1) is 7.11 Å². The van der Waals surface area contributed by atoms with Crippen molar-refractivity contribution in [1.29, 1.82) is 0 Å². The Morgan fingerprint density at radius 3 is 1.93 bits per heavy atom. The topological polar surface area (TPSA) is 32.8 Å². The van der Waals surface area contributed by atoms with Crippen molar-refractivity contribution in [2.75, 3.05) is 33.3 Å². The van der Waals surface area contributed by atoms with Crippen molar-refractivity contribution in [3.63, 3.8) is 0 Å². The molecule has 0 aliphatic heterocycles. The molecular weight excluding hydrogens is 504 g/mol. The Hall–Kier alpha value is -3.11. The number of ether oxygens (including phenoxy) is 1. The molecule has 3 aromatic carbocycles. The summed E-state index contributed by atoms with van der Waals surface area (Å²) in [7, 11) is 1.70. The first-order valence-corrected chi connectivity index (χ1v) is 15.9. The monoisotopic (exact) mass is 556 g/mol. The molecule has 41 heavy (non-hydrogen) atoms. The molecule has 0 fully saturated rings. The maximum absolute atomic E-state index is 13.8. The molecule has 0 N–H and O–H groups in total. The lowest BCUT2D eigenvalue weighted by Crippen LogP contribution is -2.34. The number of hydrogen-bond donors (Lipinski definition) is 0. The fourth-order valence-corrected chi connectivity index (χ4v) is 5.24. The second-order valence-corrected chi connectivity index (χ2v) is 11.2. The zero-order chi connectivity index (χ0) is 29.3. The maximum atomic E-state index is 13.8. The second kappa shape index (κ2) is 18.3. The highest BCUT2D eigenvalue weighted by Crippen LogP contribution is 2.24. The van der Waals surface area contributed by atoms with E-state index in [0.29, 0.717) is 6.54 Å². The summed E-state index contributed by atoms with van der Waals surface area (Å²) in [6.45, 7) is 11.4. The van der Waals surface area contributed by atoms with Crippen molar-refractivity contribution in [3.8, 4) is 16.9 Å². The SMILES string of the molecule is CCCCCc1ccc(C(=O)N(CCCN(CCCC)CCCC)Cc2ccc(-c3cccc(OC)c3)cc2)cc1. The van der Waals surface area contributed by atoms with Gasteiger partial charge in [0.25, 0.3) is 5.91 Å². The number of rotatable bonds is 19. The largest absolute Gasteiger partial charge is 0.497 e. The Balaban J connectivity index is 1.72. The molecule has 3 rings (SSSR count). The fourth-order valence-electron chi connectivity index (χ4n) is 5.24. The van der Waals surface area contributed by atoms with E-state index in [4.69, 9.17) is 4.74 Å². The lowest BCUT2D eigenvalue weighted by molar-refractivity contribution is 0.0734. The molecule has 0 radical (unpaired) electrons. The van der Waals surface area contributed by atoms with E-state index in [0.717, 1.165) is 67.0 Å². The van der Waals surface area contributed by atoms with E-state index < -0.39 is 0 Å². The van der Waals surface area contributed by atoms with Gasteiger partial charge in [-0.1, -0.05) is 95.0 Å². The summed E-state index contributed by atoms with van der Waals surface area (Å²) in [5.74, 6) is 0.974. The van der Waals surface area contributed by atoms with Gasteiger partial charge in [-0.25, -0.2) is 0 Å². The minimum Gasteiger partial charge on any atom is -0.497 e. The molecule has 0 saturated carbocycles. The fraction of sp³-hybridized carbons (Fsp3) is 0.486. The zero-order valence-corrected chi connectivity index (χ0v) is 26.0. The molecule has 0 spiro atoms. The lowest BCUT2D eigenvalue weighted by atomic mass is 10.0. The summed E-state index contributed by atoms with van der Waals surface area (Å²) in [4.78, 5) is 18.4. The quantitative estimate of drug-likeness (QED) is 0.138. The molecule has 222 valence electrons. The number of methoxy groups -OCH3 is 1. The highest BCUT2D eigenvalue weighted by Gasteiger charge is 2.17. The van der Waals surface area contributed by atoms with Gasteiger partial charge in [0.1, 0.15) is 5.75 Å². The molecule has 4 nitrogen and oxygen atoms in total. The van der Waals surface area contributed by atoms with E-state index in [9.17, 15) is 4.79 Å². The first kappa shape index (κ1) is 32.4. The lowest BCUT2D eigenvalue weighted by Gasteiger charge is -2.26. The minimum atomic E-state index is 0.121. The van der Waals surface area contributed by atoms with Crippen molar-refractivity contribution in [3.05, 3.63) is 89.5 Å². The van der Waals surface area contributed by atoms with Crippen molar-refractivity contribution in [1.82, 2.24) is 9.80 Å². The summed E-state index contributed by atoms with van der Waals surface area (Å²) < 4.78 is 5.40. The van der Waals surface area contributed by atoms with Crippen LogP contribution in [0.2, 0.25) is 0 Å². The molecule has 0 aliphatic rings. The van der Waals surface area contributed by atoms with Gasteiger partial charge in [-0.2, -0.15) is 0 Å². The third-order valence-corrected chi connectivity index (χ3v) is 7.85. The van der Waals surface area contributed by atoms with E-state index >= 15 is 0 Å². The van der Waals surface area contributed by atoms with Crippen LogP contribution >= 0.6 is 0 Å². The van der Waals surface area contributed by atoms with Crippen LogP contribution in [-0.2, 0) is 13.0 Å². The Kier molecular flexibility index (Phi) is 14.5. The molecule has 0 aliphatic carbocycles. The molecule has 0 unspecified atom stereocenters. The van der Waals surface area contributed by atoms with Gasteiger partial charge in [0, 0.05) is 18.7 Å². The normalized spacial score (nSPS) is 11.1. The van der Waals surface area contributed by atoms with Crippen LogP contribution in [0, 0.1) is 0 Å². The average molecular weight is 557 g/mol. The number of hydrogen-bond acceptors (Lipinski definition) is 3. The van der Waals surface area contributed by atoms with Gasteiger partial charge in [-0.3, -0.25) is 4.79 Å². The van der Waals surface area contributed by atoms with Crippen LogP contribution in [0.25, 0.3) is 11.1 Å². The predicted molar refractivity (Wildman–Crippen MR) is 174 cm³/mol. The Labute approximate surface area is 249 Å². The number of carbonyl (C=O) groups is 1. The Morgan fingerprint density at radius 2 is 1.29 bits per heavy atom. The summed E-state index contributed by atoms with van der Waals surface area (Å²) in [5, 5.41) is 0. The summed E-state index contributed by atoms with van der Waals surface area (Å²) >= 11 is 0. The van der Waals surface area contributed by atoms with E-state index in [1.165, 1.54) is 50.5 Å². The van der Waals surface area contributed by atoms with Crippen LogP contribution in [0.1, 0.15) is 93.6 Å². The van der Waals surface area contributed by atoms with E-state index in [-0.39, 0.29) is 5.91 Å². The number of benzene rings is 3. The van der Waals surface area contributed by atoms with Gasteiger partial charge in [-0.05, 0) is 98.3 Å². The average Bonchev–Trinajstić information content (AvgIpc) is 3.02. The number of amides is 1. The minimum absolute atomic E-state index is 0.121. The van der Waals surface area contributed by atoms with Crippen molar-refractivity contribution < 1.29 is 9.53 Å². The highest BCUT2D eigenvalue weighted by molar-refractivity contribution is 5.94. The van der Waals surface area contributed by atoms with E-state index in [2.05, 4.69) is 74.2 Å². The molecular formula is C37H52N2O2. The van der Waals surface area contributed by atoms with Crippen LogP contribution in [-0.4, -0.2) is 49.0 Å². The standard InChI is InChI=1S/C37H52N2O2/c1-5-8-11-14-31-17-23-34(24-18-31)37(40)39(28-13-27-38(25-9-6-2)26-10-7-3)30-32-19-21-33(22-20-32)35-15-12-16-36(29-35)41-4/h12,15-24,29H,5-11,13-14,25-28,30H2,1-4H3. The number of unbranched alkanes of at least 4 members (excludes halogenated alkanes) is 4. The maximum Gasteiger partial charge on any atom is 0.254 e. The molecule has 0 bridgehead atoms. The van der Waals surface area contributed by atoms with Gasteiger partial charge in [0.2, 0.25) is 0 Å². The highest BCUT2D eigenvalue weighted by atomic mass is 16.5. The predicted octanol–water partition coefficient (Wildman–Crippen LogP) is 9.03. The second-order valence-electron chi connectivity index (χ2n) is 11.2. The molecule has 3 aromatic rings. The van der Waals surface area contributed by atoms with Crippen molar-refractivity contribution in [2.24, 2.45) is 0 Å². The van der Waals surface area contributed by atoms with Crippen molar-refractivity contribution in [2.45, 2.75) is 85.1 Å². The first-order valence-electron chi connectivity index (χ1n) is 15.9. The van der Waals surface area contributed by atoms with Gasteiger partial charge in [0.15, 0.2) is 0 Å². The molecule has 0 saturated heterocycles. The third-order valence-electron chi connectivity index (χ3n) is 7.85.